The van der Waals surface area contributed by atoms with Crippen molar-refractivity contribution in [2.75, 3.05) is 27.8 Å². The van der Waals surface area contributed by atoms with Crippen LogP contribution in [0.4, 0.5) is 0 Å². The highest BCUT2D eigenvalue weighted by molar-refractivity contribution is 6.21. The lowest BCUT2D eigenvalue weighted by atomic mass is 10.0. The Bertz CT molecular complexity index is 1020. The Labute approximate surface area is 168 Å². The molecule has 7 heteroatoms. The second kappa shape index (κ2) is 7.24. The van der Waals surface area contributed by atoms with Crippen molar-refractivity contribution >= 4 is 17.7 Å². The van der Waals surface area contributed by atoms with Crippen molar-refractivity contribution in [1.29, 1.82) is 0 Å². The first kappa shape index (κ1) is 19.0. The number of carbonyl (C=O) groups is 3. The van der Waals surface area contributed by atoms with Gasteiger partial charge in [-0.3, -0.25) is 19.3 Å². The molecule has 2 aliphatic rings. The van der Waals surface area contributed by atoms with Gasteiger partial charge in [0.25, 0.3) is 17.7 Å². The lowest BCUT2D eigenvalue weighted by Crippen LogP contribution is -2.30. The van der Waals surface area contributed by atoms with Crippen molar-refractivity contribution in [1.82, 2.24) is 9.80 Å². The minimum absolute atomic E-state index is 0.0874. The van der Waals surface area contributed by atoms with Gasteiger partial charge >= 0.3 is 0 Å². The van der Waals surface area contributed by atoms with Crippen molar-refractivity contribution in [3.8, 4) is 11.5 Å². The third kappa shape index (κ3) is 3.03. The highest BCUT2D eigenvalue weighted by Crippen LogP contribution is 2.38. The number of benzene rings is 2. The fourth-order valence-electron chi connectivity index (χ4n) is 4.08. The number of nitrogens with zero attached hydrogens (tertiary/aromatic N) is 2. The van der Waals surface area contributed by atoms with E-state index in [-0.39, 0.29) is 29.3 Å². The van der Waals surface area contributed by atoms with Crippen LogP contribution in [0.5, 0.6) is 11.5 Å². The summed E-state index contributed by atoms with van der Waals surface area (Å²) < 4.78 is 10.7. The summed E-state index contributed by atoms with van der Waals surface area (Å²) >= 11 is 0. The molecule has 0 saturated carbocycles. The van der Waals surface area contributed by atoms with E-state index in [1.54, 1.807) is 26.4 Å². The SMILES string of the molecule is COc1ccc([C@@H]2CCCN2C(=O)c2ccc3c(c2)C(=O)N(C)C3=O)cc1OC. The number of rotatable bonds is 4. The molecule has 2 aromatic carbocycles. The number of amides is 3. The fraction of sp³-hybridized carbons (Fsp3) is 0.318. The second-order valence-corrected chi connectivity index (χ2v) is 7.20. The predicted octanol–water partition coefficient (Wildman–Crippen LogP) is 2.91. The monoisotopic (exact) mass is 394 g/mol. The van der Waals surface area contributed by atoms with Gasteiger partial charge in [0.15, 0.2) is 11.5 Å². The standard InChI is InChI=1S/C22H22N2O5/c1-23-21(26)15-8-6-14(11-16(15)22(23)27)20(25)24-10-4-5-17(24)13-7-9-18(28-2)19(12-13)29-3/h6-9,11-12,17H,4-5,10H2,1-3H3/t17-/m0/s1. The number of likely N-dealkylation sites (tertiary alicyclic amines) is 1. The van der Waals surface area contributed by atoms with Gasteiger partial charge in [-0.05, 0) is 48.7 Å². The van der Waals surface area contributed by atoms with Crippen molar-refractivity contribution in [2.45, 2.75) is 18.9 Å². The number of fused-ring (bicyclic) bond motifs is 1. The average molecular weight is 394 g/mol. The first-order chi connectivity index (χ1) is 14.0. The van der Waals surface area contributed by atoms with Gasteiger partial charge in [-0.25, -0.2) is 0 Å². The Balaban J connectivity index is 1.64. The third-order valence-corrected chi connectivity index (χ3v) is 5.64. The Morgan fingerprint density at radius 1 is 0.966 bits per heavy atom. The summed E-state index contributed by atoms with van der Waals surface area (Å²) in [4.78, 5) is 40.5. The highest BCUT2D eigenvalue weighted by Gasteiger charge is 2.35. The molecule has 2 heterocycles. The highest BCUT2D eigenvalue weighted by atomic mass is 16.5. The molecule has 0 bridgehead atoms. The van der Waals surface area contributed by atoms with Gasteiger partial charge in [0.1, 0.15) is 0 Å². The van der Waals surface area contributed by atoms with Gasteiger partial charge < -0.3 is 14.4 Å². The Kier molecular flexibility index (Phi) is 4.74. The maximum Gasteiger partial charge on any atom is 0.261 e. The van der Waals surface area contributed by atoms with Crippen LogP contribution in [0, 0.1) is 0 Å². The molecular formula is C22H22N2O5. The number of methoxy groups -OCH3 is 2. The fourth-order valence-corrected chi connectivity index (χ4v) is 4.08. The maximum atomic E-state index is 13.2. The lowest BCUT2D eigenvalue weighted by molar-refractivity contribution is 0.0692. The molecule has 2 aliphatic heterocycles. The molecule has 0 N–H and O–H groups in total. The van der Waals surface area contributed by atoms with E-state index < -0.39 is 0 Å². The molecule has 0 spiro atoms. The van der Waals surface area contributed by atoms with Crippen molar-refractivity contribution in [3.63, 3.8) is 0 Å². The molecule has 4 rings (SSSR count). The first-order valence-electron chi connectivity index (χ1n) is 9.45. The average Bonchev–Trinajstić information content (AvgIpc) is 3.32. The van der Waals surface area contributed by atoms with Gasteiger partial charge in [-0.1, -0.05) is 6.07 Å². The van der Waals surface area contributed by atoms with E-state index in [9.17, 15) is 14.4 Å². The number of hydrogen-bond donors (Lipinski definition) is 0. The van der Waals surface area contributed by atoms with Crippen LogP contribution in [-0.4, -0.2) is 55.3 Å². The molecule has 150 valence electrons. The van der Waals surface area contributed by atoms with Gasteiger partial charge in [0.2, 0.25) is 0 Å². The van der Waals surface area contributed by atoms with E-state index >= 15 is 0 Å². The van der Waals surface area contributed by atoms with Gasteiger partial charge in [-0.15, -0.1) is 0 Å². The van der Waals surface area contributed by atoms with Crippen LogP contribution in [0.3, 0.4) is 0 Å². The second-order valence-electron chi connectivity index (χ2n) is 7.20. The minimum Gasteiger partial charge on any atom is -0.493 e. The Morgan fingerprint density at radius 3 is 2.41 bits per heavy atom. The zero-order chi connectivity index (χ0) is 20.7. The number of hydrogen-bond acceptors (Lipinski definition) is 5. The summed E-state index contributed by atoms with van der Waals surface area (Å²) in [6, 6.07) is 10.3. The molecule has 7 nitrogen and oxygen atoms in total. The van der Waals surface area contributed by atoms with E-state index in [1.807, 2.05) is 23.1 Å². The molecule has 0 unspecified atom stereocenters. The van der Waals surface area contributed by atoms with Crippen LogP contribution >= 0.6 is 0 Å². The number of ether oxygens (including phenoxy) is 2. The lowest BCUT2D eigenvalue weighted by Gasteiger charge is -2.26. The summed E-state index contributed by atoms with van der Waals surface area (Å²) in [6.07, 6.45) is 1.72. The molecule has 1 atom stereocenters. The molecule has 0 aromatic heterocycles. The molecule has 0 aliphatic carbocycles. The van der Waals surface area contributed by atoms with E-state index in [0.29, 0.717) is 29.2 Å². The molecule has 2 aromatic rings. The van der Waals surface area contributed by atoms with E-state index in [1.165, 1.54) is 13.1 Å². The largest absolute Gasteiger partial charge is 0.493 e. The third-order valence-electron chi connectivity index (χ3n) is 5.64. The van der Waals surface area contributed by atoms with Crippen molar-refractivity contribution in [3.05, 3.63) is 58.7 Å². The quantitative estimate of drug-likeness (QED) is 0.746. The summed E-state index contributed by atoms with van der Waals surface area (Å²) in [6.45, 7) is 0.627. The van der Waals surface area contributed by atoms with Crippen LogP contribution in [0.25, 0.3) is 0 Å². The first-order valence-corrected chi connectivity index (χ1v) is 9.45. The van der Waals surface area contributed by atoms with Crippen LogP contribution in [0.1, 0.15) is 55.5 Å². The Morgan fingerprint density at radius 2 is 1.69 bits per heavy atom. The summed E-state index contributed by atoms with van der Waals surface area (Å²) in [7, 11) is 4.61. The normalized spacial score (nSPS) is 18.2. The number of carbonyl (C=O) groups excluding carboxylic acids is 3. The smallest absolute Gasteiger partial charge is 0.261 e. The van der Waals surface area contributed by atoms with Crippen LogP contribution in [-0.2, 0) is 0 Å². The topological polar surface area (TPSA) is 76.2 Å². The maximum absolute atomic E-state index is 13.2. The van der Waals surface area contributed by atoms with Gasteiger partial charge in [0.05, 0.1) is 31.4 Å². The van der Waals surface area contributed by atoms with E-state index in [2.05, 4.69) is 0 Å². The molecule has 29 heavy (non-hydrogen) atoms. The van der Waals surface area contributed by atoms with Crippen LogP contribution in [0.15, 0.2) is 36.4 Å². The molecule has 0 radical (unpaired) electrons. The number of imide groups is 1. The molecule has 3 amide bonds. The van der Waals surface area contributed by atoms with E-state index in [0.717, 1.165) is 23.3 Å². The summed E-state index contributed by atoms with van der Waals surface area (Å²) in [5.41, 5.74) is 2.00. The van der Waals surface area contributed by atoms with Gasteiger partial charge in [-0.2, -0.15) is 0 Å². The zero-order valence-corrected chi connectivity index (χ0v) is 16.6. The summed E-state index contributed by atoms with van der Waals surface area (Å²) in [5, 5.41) is 0. The predicted molar refractivity (Wildman–Crippen MR) is 105 cm³/mol. The van der Waals surface area contributed by atoms with Crippen molar-refractivity contribution in [2.24, 2.45) is 0 Å². The van der Waals surface area contributed by atoms with E-state index in [4.69, 9.17) is 9.47 Å². The minimum atomic E-state index is -0.377. The summed E-state index contributed by atoms with van der Waals surface area (Å²) in [5.74, 6) is 0.387. The van der Waals surface area contributed by atoms with Crippen LogP contribution < -0.4 is 9.47 Å². The van der Waals surface area contributed by atoms with Crippen LogP contribution in [0.2, 0.25) is 0 Å². The van der Waals surface area contributed by atoms with Gasteiger partial charge in [0, 0.05) is 19.2 Å². The van der Waals surface area contributed by atoms with Crippen molar-refractivity contribution < 1.29 is 23.9 Å². The molecular weight excluding hydrogens is 372 g/mol. The Hall–Kier alpha value is -3.35. The molecule has 1 saturated heterocycles. The zero-order valence-electron chi connectivity index (χ0n) is 16.6. The molecule has 1 fully saturated rings.